The minimum absolute atomic E-state index is 0.357. The van der Waals surface area contributed by atoms with Crippen LogP contribution in [0.5, 0.6) is 0 Å². The van der Waals surface area contributed by atoms with E-state index in [0.29, 0.717) is 36.3 Å². The van der Waals surface area contributed by atoms with Crippen LogP contribution in [0.1, 0.15) is 31.7 Å². The van der Waals surface area contributed by atoms with E-state index in [-0.39, 0.29) is 0 Å². The van der Waals surface area contributed by atoms with Gasteiger partial charge in [-0.05, 0) is 31.4 Å². The molecule has 1 N–H and O–H groups in total. The quantitative estimate of drug-likeness (QED) is 0.802. The molecule has 1 aliphatic carbocycles. The SMILES string of the molecule is CCCN(CC(F)(F)F)c1cccc(Cl)c1CNC1CC1. The first-order chi connectivity index (χ1) is 9.90. The molecule has 0 amide bonds. The molecule has 1 aliphatic rings. The number of hydrogen-bond donors (Lipinski definition) is 1. The Morgan fingerprint density at radius 3 is 2.62 bits per heavy atom. The molecule has 0 atom stereocenters. The lowest BCUT2D eigenvalue weighted by Crippen LogP contribution is -2.36. The average molecular weight is 321 g/mol. The summed E-state index contributed by atoms with van der Waals surface area (Å²) in [6.07, 6.45) is -1.32. The van der Waals surface area contributed by atoms with Crippen molar-refractivity contribution in [3.05, 3.63) is 28.8 Å². The standard InChI is InChI=1S/C15H20ClF3N2/c1-2-8-21(10-15(17,18)19)14-5-3-4-13(16)12(14)9-20-11-6-7-11/h3-5,11,20H,2,6-10H2,1H3. The molecule has 0 heterocycles. The number of nitrogens with one attached hydrogen (secondary N) is 1. The third-order valence-corrected chi connectivity index (χ3v) is 3.80. The highest BCUT2D eigenvalue weighted by molar-refractivity contribution is 6.31. The maximum Gasteiger partial charge on any atom is 0.405 e. The summed E-state index contributed by atoms with van der Waals surface area (Å²) in [5.41, 5.74) is 1.33. The molecule has 21 heavy (non-hydrogen) atoms. The first-order valence-electron chi connectivity index (χ1n) is 7.23. The van der Waals surface area contributed by atoms with Crippen molar-refractivity contribution in [3.63, 3.8) is 0 Å². The van der Waals surface area contributed by atoms with Gasteiger partial charge in [0.1, 0.15) is 6.54 Å². The summed E-state index contributed by atoms with van der Waals surface area (Å²) in [6, 6.07) is 5.64. The zero-order chi connectivity index (χ0) is 15.5. The molecule has 0 radical (unpaired) electrons. The van der Waals surface area contributed by atoms with E-state index in [4.69, 9.17) is 11.6 Å². The van der Waals surface area contributed by atoms with Crippen LogP contribution in [-0.4, -0.2) is 25.3 Å². The Bertz CT molecular complexity index is 472. The van der Waals surface area contributed by atoms with E-state index < -0.39 is 12.7 Å². The second kappa shape index (κ2) is 6.88. The maximum atomic E-state index is 12.8. The number of alkyl halides is 3. The van der Waals surface area contributed by atoms with Crippen molar-refractivity contribution in [2.75, 3.05) is 18.0 Å². The first-order valence-corrected chi connectivity index (χ1v) is 7.61. The molecule has 6 heteroatoms. The van der Waals surface area contributed by atoms with Gasteiger partial charge in [0, 0.05) is 35.4 Å². The predicted octanol–water partition coefficient (Wildman–Crippen LogP) is 4.37. The van der Waals surface area contributed by atoms with Gasteiger partial charge in [0.05, 0.1) is 0 Å². The molecule has 0 bridgehead atoms. The minimum Gasteiger partial charge on any atom is -0.362 e. The van der Waals surface area contributed by atoms with Crippen molar-refractivity contribution in [3.8, 4) is 0 Å². The van der Waals surface area contributed by atoms with Gasteiger partial charge < -0.3 is 10.2 Å². The van der Waals surface area contributed by atoms with Crippen LogP contribution in [-0.2, 0) is 6.54 Å². The Labute approximate surface area is 128 Å². The highest BCUT2D eigenvalue weighted by Crippen LogP contribution is 2.31. The number of benzene rings is 1. The number of rotatable bonds is 7. The smallest absolute Gasteiger partial charge is 0.362 e. The van der Waals surface area contributed by atoms with E-state index >= 15 is 0 Å². The van der Waals surface area contributed by atoms with Gasteiger partial charge in [-0.1, -0.05) is 24.6 Å². The lowest BCUT2D eigenvalue weighted by Gasteiger charge is -2.28. The molecule has 0 unspecified atom stereocenters. The number of halogens is 4. The number of nitrogens with zero attached hydrogens (tertiary/aromatic N) is 1. The van der Waals surface area contributed by atoms with Gasteiger partial charge >= 0.3 is 6.18 Å². The molecule has 1 saturated carbocycles. The van der Waals surface area contributed by atoms with E-state index in [1.54, 1.807) is 18.2 Å². The van der Waals surface area contributed by atoms with Gasteiger partial charge in [-0.3, -0.25) is 0 Å². The van der Waals surface area contributed by atoms with Gasteiger partial charge in [-0.2, -0.15) is 13.2 Å². The van der Waals surface area contributed by atoms with Crippen LogP contribution in [0.4, 0.5) is 18.9 Å². The molecule has 1 fully saturated rings. The Morgan fingerprint density at radius 1 is 1.33 bits per heavy atom. The van der Waals surface area contributed by atoms with Gasteiger partial charge in [0.15, 0.2) is 0 Å². The van der Waals surface area contributed by atoms with Crippen LogP contribution in [0.3, 0.4) is 0 Å². The summed E-state index contributed by atoms with van der Waals surface area (Å²) in [5.74, 6) is 0. The second-order valence-corrected chi connectivity index (χ2v) is 5.84. The fraction of sp³-hybridized carbons (Fsp3) is 0.600. The molecule has 1 aromatic carbocycles. The van der Waals surface area contributed by atoms with Gasteiger partial charge in [0.2, 0.25) is 0 Å². The van der Waals surface area contributed by atoms with E-state index in [0.717, 1.165) is 18.4 Å². The van der Waals surface area contributed by atoms with Gasteiger partial charge in [-0.15, -0.1) is 0 Å². The van der Waals surface area contributed by atoms with Crippen molar-refractivity contribution in [1.82, 2.24) is 5.32 Å². The third-order valence-electron chi connectivity index (χ3n) is 3.44. The van der Waals surface area contributed by atoms with Crippen molar-refractivity contribution in [1.29, 1.82) is 0 Å². The van der Waals surface area contributed by atoms with Crippen LogP contribution in [0.25, 0.3) is 0 Å². The molecule has 1 aromatic rings. The molecular weight excluding hydrogens is 301 g/mol. The fourth-order valence-corrected chi connectivity index (χ4v) is 2.56. The fourth-order valence-electron chi connectivity index (χ4n) is 2.32. The van der Waals surface area contributed by atoms with Crippen molar-refractivity contribution >= 4 is 17.3 Å². The third kappa shape index (κ3) is 5.08. The lowest BCUT2D eigenvalue weighted by atomic mass is 10.1. The topological polar surface area (TPSA) is 15.3 Å². The number of anilines is 1. The molecule has 2 nitrogen and oxygen atoms in total. The Hall–Kier alpha value is -0.940. The number of hydrogen-bond acceptors (Lipinski definition) is 2. The van der Waals surface area contributed by atoms with E-state index in [2.05, 4.69) is 5.32 Å². The van der Waals surface area contributed by atoms with E-state index in [9.17, 15) is 13.2 Å². The summed E-state index contributed by atoms with van der Waals surface area (Å²) in [5, 5.41) is 3.84. The van der Waals surface area contributed by atoms with Crippen LogP contribution >= 0.6 is 11.6 Å². The van der Waals surface area contributed by atoms with Crippen LogP contribution < -0.4 is 10.2 Å². The van der Waals surface area contributed by atoms with Crippen molar-refractivity contribution < 1.29 is 13.2 Å². The van der Waals surface area contributed by atoms with Crippen LogP contribution in [0.2, 0.25) is 5.02 Å². The normalized spacial score (nSPS) is 15.3. The maximum absolute atomic E-state index is 12.8. The molecular formula is C15H20ClF3N2. The van der Waals surface area contributed by atoms with Crippen LogP contribution in [0.15, 0.2) is 18.2 Å². The van der Waals surface area contributed by atoms with E-state index in [1.807, 2.05) is 6.92 Å². The van der Waals surface area contributed by atoms with Crippen molar-refractivity contribution in [2.45, 2.75) is 44.9 Å². The first kappa shape index (κ1) is 16.4. The predicted molar refractivity (Wildman–Crippen MR) is 79.9 cm³/mol. The van der Waals surface area contributed by atoms with Gasteiger partial charge in [-0.25, -0.2) is 0 Å². The molecule has 118 valence electrons. The van der Waals surface area contributed by atoms with Crippen molar-refractivity contribution in [2.24, 2.45) is 0 Å². The highest BCUT2D eigenvalue weighted by atomic mass is 35.5. The molecule has 0 saturated heterocycles. The average Bonchev–Trinajstić information content (AvgIpc) is 3.19. The molecule has 0 aromatic heterocycles. The molecule has 2 rings (SSSR count). The summed E-state index contributed by atoms with van der Waals surface area (Å²) < 4.78 is 38.3. The molecule has 0 aliphatic heterocycles. The summed E-state index contributed by atoms with van der Waals surface area (Å²) in [4.78, 5) is 1.37. The summed E-state index contributed by atoms with van der Waals surface area (Å²) in [7, 11) is 0. The molecule has 0 spiro atoms. The summed E-state index contributed by atoms with van der Waals surface area (Å²) >= 11 is 6.20. The Kier molecular flexibility index (Phi) is 5.38. The Morgan fingerprint density at radius 2 is 2.05 bits per heavy atom. The minimum atomic E-state index is -4.22. The lowest BCUT2D eigenvalue weighted by molar-refractivity contribution is -0.119. The largest absolute Gasteiger partial charge is 0.405 e. The summed E-state index contributed by atoms with van der Waals surface area (Å²) in [6.45, 7) is 1.79. The highest BCUT2D eigenvalue weighted by Gasteiger charge is 2.31. The van der Waals surface area contributed by atoms with E-state index in [1.165, 1.54) is 4.90 Å². The Balaban J connectivity index is 2.22. The van der Waals surface area contributed by atoms with Crippen LogP contribution in [0, 0.1) is 0 Å². The zero-order valence-corrected chi connectivity index (χ0v) is 12.8. The monoisotopic (exact) mass is 320 g/mol. The second-order valence-electron chi connectivity index (χ2n) is 5.43. The zero-order valence-electron chi connectivity index (χ0n) is 12.0. The van der Waals surface area contributed by atoms with Gasteiger partial charge in [0.25, 0.3) is 0 Å².